The number of para-hydroxylation sites is 1. The summed E-state index contributed by atoms with van der Waals surface area (Å²) in [7, 11) is 0. The Labute approximate surface area is 164 Å². The van der Waals surface area contributed by atoms with Gasteiger partial charge in [0.25, 0.3) is 0 Å². The lowest BCUT2D eigenvalue weighted by atomic mass is 10.0. The summed E-state index contributed by atoms with van der Waals surface area (Å²) in [5.41, 5.74) is 6.55. The Morgan fingerprint density at radius 2 is 1.79 bits per heavy atom. The molecule has 1 aliphatic rings. The van der Waals surface area contributed by atoms with Gasteiger partial charge in [0.1, 0.15) is 5.82 Å². The number of aliphatic imine (C=N–C) groups is 1. The van der Waals surface area contributed by atoms with Gasteiger partial charge in [-0.1, -0.05) is 42.0 Å². The number of benzene rings is 3. The second-order valence-corrected chi connectivity index (χ2v) is 7.21. The standard InChI is InChI=1S/C24H20N4/c1-15-6-5-7-17(12-15)23-27-22-9-4-3-8-21(22)24(28-23)26-19-10-11-20-16(2)25-14-18(20)13-19/h3-14,16H,1-2H3,(H,26,27,28). The van der Waals surface area contributed by atoms with Crippen LogP contribution < -0.4 is 5.32 Å². The number of fused-ring (bicyclic) bond motifs is 2. The number of anilines is 2. The Bertz CT molecular complexity index is 1230. The molecule has 0 bridgehead atoms. The molecule has 0 saturated heterocycles. The lowest BCUT2D eigenvalue weighted by Gasteiger charge is -2.12. The minimum atomic E-state index is 0.233. The number of hydrogen-bond acceptors (Lipinski definition) is 4. The monoisotopic (exact) mass is 364 g/mol. The number of aromatic nitrogens is 2. The third-order valence-electron chi connectivity index (χ3n) is 5.12. The summed E-state index contributed by atoms with van der Waals surface area (Å²) in [5, 5.41) is 4.50. The van der Waals surface area contributed by atoms with Crippen molar-refractivity contribution in [3.63, 3.8) is 0 Å². The molecule has 1 aromatic heterocycles. The van der Waals surface area contributed by atoms with Crippen molar-refractivity contribution in [1.82, 2.24) is 9.97 Å². The van der Waals surface area contributed by atoms with Gasteiger partial charge in [0.05, 0.1) is 11.6 Å². The first-order chi connectivity index (χ1) is 13.7. The fraction of sp³-hybridized carbons (Fsp3) is 0.125. The molecule has 0 radical (unpaired) electrons. The molecule has 2 heterocycles. The molecule has 0 amide bonds. The molecule has 1 N–H and O–H groups in total. The van der Waals surface area contributed by atoms with Gasteiger partial charge in [-0.3, -0.25) is 4.99 Å². The molecule has 0 fully saturated rings. The fourth-order valence-corrected chi connectivity index (χ4v) is 3.64. The number of rotatable bonds is 3. The summed E-state index contributed by atoms with van der Waals surface area (Å²) in [6, 6.07) is 23.0. The first-order valence-electron chi connectivity index (χ1n) is 9.45. The molecule has 1 unspecified atom stereocenters. The van der Waals surface area contributed by atoms with E-state index in [-0.39, 0.29) is 6.04 Å². The van der Waals surface area contributed by atoms with Crippen LogP contribution in [0.4, 0.5) is 11.5 Å². The van der Waals surface area contributed by atoms with Crippen LogP contribution in [0.15, 0.2) is 71.7 Å². The molecule has 5 rings (SSSR count). The topological polar surface area (TPSA) is 50.2 Å². The van der Waals surface area contributed by atoms with Crippen LogP contribution in [-0.4, -0.2) is 16.2 Å². The summed E-state index contributed by atoms with van der Waals surface area (Å²) in [4.78, 5) is 14.1. The Morgan fingerprint density at radius 1 is 0.893 bits per heavy atom. The minimum Gasteiger partial charge on any atom is -0.340 e. The predicted octanol–water partition coefficient (Wildman–Crippen LogP) is 5.84. The maximum Gasteiger partial charge on any atom is 0.162 e. The Kier molecular flexibility index (Phi) is 3.90. The van der Waals surface area contributed by atoms with Crippen molar-refractivity contribution < 1.29 is 0 Å². The van der Waals surface area contributed by atoms with Crippen molar-refractivity contribution >= 4 is 28.6 Å². The van der Waals surface area contributed by atoms with Crippen LogP contribution in [0.1, 0.15) is 29.7 Å². The highest BCUT2D eigenvalue weighted by Gasteiger charge is 2.15. The average molecular weight is 364 g/mol. The van der Waals surface area contributed by atoms with Crippen LogP contribution in [-0.2, 0) is 0 Å². The molecule has 1 aliphatic heterocycles. The van der Waals surface area contributed by atoms with Crippen LogP contribution in [0.25, 0.3) is 22.3 Å². The maximum absolute atomic E-state index is 4.86. The van der Waals surface area contributed by atoms with Crippen LogP contribution in [0.3, 0.4) is 0 Å². The number of nitrogens with zero attached hydrogens (tertiary/aromatic N) is 3. The zero-order chi connectivity index (χ0) is 19.1. The molecule has 3 aromatic carbocycles. The zero-order valence-corrected chi connectivity index (χ0v) is 15.8. The van der Waals surface area contributed by atoms with Gasteiger partial charge >= 0.3 is 0 Å². The fourth-order valence-electron chi connectivity index (χ4n) is 3.64. The Balaban J connectivity index is 1.61. The van der Waals surface area contributed by atoms with Crippen molar-refractivity contribution in [1.29, 1.82) is 0 Å². The third kappa shape index (κ3) is 2.93. The van der Waals surface area contributed by atoms with Crippen LogP contribution in [0.5, 0.6) is 0 Å². The van der Waals surface area contributed by atoms with Gasteiger partial charge < -0.3 is 5.32 Å². The smallest absolute Gasteiger partial charge is 0.162 e. The quantitative estimate of drug-likeness (QED) is 0.497. The van der Waals surface area contributed by atoms with Crippen LogP contribution in [0, 0.1) is 6.92 Å². The summed E-state index contributed by atoms with van der Waals surface area (Å²) < 4.78 is 0. The van der Waals surface area contributed by atoms with Crippen LogP contribution in [0.2, 0.25) is 0 Å². The predicted molar refractivity (Wildman–Crippen MR) is 115 cm³/mol. The zero-order valence-electron chi connectivity index (χ0n) is 15.8. The number of nitrogens with one attached hydrogen (secondary N) is 1. The summed E-state index contributed by atoms with van der Waals surface area (Å²) in [6.07, 6.45) is 1.95. The van der Waals surface area contributed by atoms with Crippen molar-refractivity contribution in [3.05, 3.63) is 83.4 Å². The normalized spacial score (nSPS) is 15.0. The molecule has 4 nitrogen and oxygen atoms in total. The molecule has 1 atom stereocenters. The number of hydrogen-bond donors (Lipinski definition) is 1. The molecular formula is C24H20N4. The Hall–Kier alpha value is -3.53. The summed E-state index contributed by atoms with van der Waals surface area (Å²) >= 11 is 0. The third-order valence-corrected chi connectivity index (χ3v) is 5.12. The van der Waals surface area contributed by atoms with E-state index >= 15 is 0 Å². The second kappa shape index (κ2) is 6.57. The summed E-state index contributed by atoms with van der Waals surface area (Å²) in [5.74, 6) is 1.53. The van der Waals surface area contributed by atoms with E-state index < -0.39 is 0 Å². The van der Waals surface area contributed by atoms with E-state index in [2.05, 4.69) is 60.6 Å². The van der Waals surface area contributed by atoms with Crippen molar-refractivity contribution in [2.24, 2.45) is 4.99 Å². The van der Waals surface area contributed by atoms with Crippen molar-refractivity contribution in [3.8, 4) is 11.4 Å². The minimum absolute atomic E-state index is 0.233. The van der Waals surface area contributed by atoms with Gasteiger partial charge in [0, 0.05) is 22.9 Å². The van der Waals surface area contributed by atoms with Gasteiger partial charge in [0.15, 0.2) is 5.82 Å². The van der Waals surface area contributed by atoms with E-state index in [0.717, 1.165) is 39.4 Å². The van der Waals surface area contributed by atoms with Gasteiger partial charge in [-0.15, -0.1) is 0 Å². The molecular weight excluding hydrogens is 344 g/mol. The summed E-state index contributed by atoms with van der Waals surface area (Å²) in [6.45, 7) is 4.19. The highest BCUT2D eigenvalue weighted by Crippen LogP contribution is 2.31. The van der Waals surface area contributed by atoms with E-state index in [9.17, 15) is 0 Å². The highest BCUT2D eigenvalue weighted by atomic mass is 15.0. The van der Waals surface area contributed by atoms with E-state index in [1.165, 1.54) is 11.1 Å². The van der Waals surface area contributed by atoms with Crippen molar-refractivity contribution in [2.75, 3.05) is 5.32 Å². The lowest BCUT2D eigenvalue weighted by molar-refractivity contribution is 0.844. The molecule has 4 heteroatoms. The number of aryl methyl sites for hydroxylation is 1. The van der Waals surface area contributed by atoms with E-state index in [0.29, 0.717) is 0 Å². The largest absolute Gasteiger partial charge is 0.340 e. The van der Waals surface area contributed by atoms with Crippen LogP contribution >= 0.6 is 0 Å². The molecule has 0 aliphatic carbocycles. The van der Waals surface area contributed by atoms with E-state index in [1.807, 2.05) is 36.5 Å². The molecule has 0 saturated carbocycles. The van der Waals surface area contributed by atoms with E-state index in [4.69, 9.17) is 9.97 Å². The SMILES string of the molecule is Cc1cccc(-c2nc(Nc3ccc4c(c3)C=NC4C)c3ccccc3n2)c1. The lowest BCUT2D eigenvalue weighted by Crippen LogP contribution is -2.00. The van der Waals surface area contributed by atoms with Crippen molar-refractivity contribution in [2.45, 2.75) is 19.9 Å². The van der Waals surface area contributed by atoms with Gasteiger partial charge in [0.2, 0.25) is 0 Å². The molecule has 136 valence electrons. The Morgan fingerprint density at radius 3 is 2.68 bits per heavy atom. The van der Waals surface area contributed by atoms with Gasteiger partial charge in [-0.2, -0.15) is 0 Å². The average Bonchev–Trinajstić information content (AvgIpc) is 3.08. The first kappa shape index (κ1) is 16.6. The van der Waals surface area contributed by atoms with Gasteiger partial charge in [-0.05, 0) is 55.3 Å². The maximum atomic E-state index is 4.86. The first-order valence-corrected chi connectivity index (χ1v) is 9.45. The van der Waals surface area contributed by atoms with Gasteiger partial charge in [-0.25, -0.2) is 9.97 Å². The molecule has 0 spiro atoms. The molecule has 4 aromatic rings. The highest BCUT2D eigenvalue weighted by molar-refractivity contribution is 5.93. The molecule has 28 heavy (non-hydrogen) atoms. The van der Waals surface area contributed by atoms with E-state index in [1.54, 1.807) is 0 Å². The second-order valence-electron chi connectivity index (χ2n) is 7.21.